The molecule has 1 aromatic rings. The number of ether oxygens (including phenoxy) is 1. The van der Waals surface area contributed by atoms with Crippen LogP contribution < -0.4 is 0 Å². The van der Waals surface area contributed by atoms with Gasteiger partial charge in [0, 0.05) is 31.6 Å². The van der Waals surface area contributed by atoms with E-state index in [9.17, 15) is 4.79 Å². The molecule has 1 aliphatic rings. The number of nitrogens with zero attached hydrogens (tertiary/aromatic N) is 2. The number of nitrogens with one attached hydrogen (secondary N) is 1. The minimum atomic E-state index is -0.00644. The van der Waals surface area contributed by atoms with Crippen molar-refractivity contribution in [3.05, 3.63) is 17.7 Å². The van der Waals surface area contributed by atoms with Gasteiger partial charge >= 0.3 is 0 Å². The molecule has 5 heteroatoms. The summed E-state index contributed by atoms with van der Waals surface area (Å²) in [5.41, 5.74) is 0.914. The summed E-state index contributed by atoms with van der Waals surface area (Å²) < 4.78 is 5.56. The molecule has 1 fully saturated rings. The molecule has 0 spiro atoms. The lowest BCUT2D eigenvalue weighted by Crippen LogP contribution is -2.41. The first-order chi connectivity index (χ1) is 8.20. The number of piperidine rings is 1. The summed E-state index contributed by atoms with van der Waals surface area (Å²) in [5, 5.41) is 0. The number of amides is 1. The van der Waals surface area contributed by atoms with Gasteiger partial charge in [0.2, 0.25) is 0 Å². The molecule has 1 amide bonds. The molecule has 0 aliphatic carbocycles. The molecule has 2 rings (SSSR count). The van der Waals surface area contributed by atoms with Gasteiger partial charge in [0.15, 0.2) is 5.82 Å². The molecule has 2 heterocycles. The second-order valence-electron chi connectivity index (χ2n) is 4.36. The van der Waals surface area contributed by atoms with E-state index in [2.05, 4.69) is 9.97 Å². The number of rotatable bonds is 3. The number of hydrogen-bond acceptors (Lipinski definition) is 3. The standard InChI is InChI=1S/C12H19N3O2/c1-3-17-10-4-6-15(7-5-10)12(16)11-13-8-9(2)14-11/h8,10H,3-7H2,1-2H3,(H,13,14). The lowest BCUT2D eigenvalue weighted by atomic mass is 10.1. The molecule has 0 bridgehead atoms. The molecule has 1 N–H and O–H groups in total. The highest BCUT2D eigenvalue weighted by Crippen LogP contribution is 2.15. The summed E-state index contributed by atoms with van der Waals surface area (Å²) in [6, 6.07) is 0. The zero-order chi connectivity index (χ0) is 12.3. The zero-order valence-electron chi connectivity index (χ0n) is 10.4. The van der Waals surface area contributed by atoms with Crippen molar-refractivity contribution in [2.45, 2.75) is 32.8 Å². The van der Waals surface area contributed by atoms with E-state index in [0.717, 1.165) is 38.2 Å². The molecule has 0 atom stereocenters. The molecule has 0 saturated carbocycles. The lowest BCUT2D eigenvalue weighted by Gasteiger charge is -2.31. The third-order valence-corrected chi connectivity index (χ3v) is 3.04. The van der Waals surface area contributed by atoms with E-state index >= 15 is 0 Å². The maximum absolute atomic E-state index is 12.1. The van der Waals surface area contributed by atoms with Crippen LogP contribution in [-0.2, 0) is 4.74 Å². The Morgan fingerprint density at radius 1 is 1.59 bits per heavy atom. The van der Waals surface area contributed by atoms with E-state index in [0.29, 0.717) is 11.9 Å². The Balaban J connectivity index is 1.90. The summed E-state index contributed by atoms with van der Waals surface area (Å²) in [4.78, 5) is 21.0. The summed E-state index contributed by atoms with van der Waals surface area (Å²) >= 11 is 0. The third-order valence-electron chi connectivity index (χ3n) is 3.04. The zero-order valence-corrected chi connectivity index (χ0v) is 10.4. The number of H-pyrrole nitrogens is 1. The molecule has 0 unspecified atom stereocenters. The second-order valence-corrected chi connectivity index (χ2v) is 4.36. The molecule has 0 aromatic carbocycles. The second kappa shape index (κ2) is 5.31. The number of carbonyl (C=O) groups excluding carboxylic acids is 1. The fourth-order valence-electron chi connectivity index (χ4n) is 2.13. The van der Waals surface area contributed by atoms with Crippen LogP contribution in [0.4, 0.5) is 0 Å². The first-order valence-corrected chi connectivity index (χ1v) is 6.13. The van der Waals surface area contributed by atoms with Crippen molar-refractivity contribution in [2.75, 3.05) is 19.7 Å². The van der Waals surface area contributed by atoms with Crippen molar-refractivity contribution in [3.63, 3.8) is 0 Å². The van der Waals surface area contributed by atoms with Crippen LogP contribution in [0.2, 0.25) is 0 Å². The van der Waals surface area contributed by atoms with Crippen LogP contribution in [0.15, 0.2) is 6.20 Å². The number of aryl methyl sites for hydroxylation is 1. The predicted molar refractivity (Wildman–Crippen MR) is 63.9 cm³/mol. The van der Waals surface area contributed by atoms with Crippen LogP contribution in [-0.4, -0.2) is 46.6 Å². The number of carbonyl (C=O) groups is 1. The first-order valence-electron chi connectivity index (χ1n) is 6.13. The molecular formula is C12H19N3O2. The van der Waals surface area contributed by atoms with Gasteiger partial charge in [0.1, 0.15) is 0 Å². The molecular weight excluding hydrogens is 218 g/mol. The molecule has 5 nitrogen and oxygen atoms in total. The molecule has 94 valence electrons. The maximum atomic E-state index is 12.1. The number of hydrogen-bond donors (Lipinski definition) is 1. The molecule has 17 heavy (non-hydrogen) atoms. The van der Waals surface area contributed by atoms with Crippen LogP contribution in [0.25, 0.3) is 0 Å². The van der Waals surface area contributed by atoms with Gasteiger partial charge in [-0.1, -0.05) is 0 Å². The van der Waals surface area contributed by atoms with Gasteiger partial charge in [-0.15, -0.1) is 0 Å². The fraction of sp³-hybridized carbons (Fsp3) is 0.667. The van der Waals surface area contributed by atoms with Crippen LogP contribution >= 0.6 is 0 Å². The Labute approximate surface area is 101 Å². The van der Waals surface area contributed by atoms with Gasteiger partial charge in [-0.05, 0) is 26.7 Å². The fourth-order valence-corrected chi connectivity index (χ4v) is 2.13. The van der Waals surface area contributed by atoms with Crippen molar-refractivity contribution < 1.29 is 9.53 Å². The third kappa shape index (κ3) is 2.85. The number of imidazole rings is 1. The Morgan fingerprint density at radius 2 is 2.29 bits per heavy atom. The van der Waals surface area contributed by atoms with E-state index < -0.39 is 0 Å². The number of likely N-dealkylation sites (tertiary alicyclic amines) is 1. The van der Waals surface area contributed by atoms with Gasteiger partial charge in [-0.25, -0.2) is 4.98 Å². The Hall–Kier alpha value is -1.36. The minimum Gasteiger partial charge on any atom is -0.378 e. The number of aromatic nitrogens is 2. The Morgan fingerprint density at radius 3 is 2.82 bits per heavy atom. The summed E-state index contributed by atoms with van der Waals surface area (Å²) in [6.07, 6.45) is 3.82. The van der Waals surface area contributed by atoms with E-state index in [1.165, 1.54) is 0 Å². The predicted octanol–water partition coefficient (Wildman–Crippen LogP) is 1.36. The van der Waals surface area contributed by atoms with Gasteiger partial charge in [-0.3, -0.25) is 4.79 Å². The highest BCUT2D eigenvalue weighted by atomic mass is 16.5. The monoisotopic (exact) mass is 237 g/mol. The van der Waals surface area contributed by atoms with E-state index in [4.69, 9.17) is 4.74 Å². The van der Waals surface area contributed by atoms with Crippen molar-refractivity contribution in [1.82, 2.24) is 14.9 Å². The minimum absolute atomic E-state index is 0.00644. The van der Waals surface area contributed by atoms with Crippen LogP contribution in [0.5, 0.6) is 0 Å². The van der Waals surface area contributed by atoms with Gasteiger partial charge in [-0.2, -0.15) is 0 Å². The quantitative estimate of drug-likeness (QED) is 0.863. The van der Waals surface area contributed by atoms with Gasteiger partial charge in [0.25, 0.3) is 5.91 Å². The van der Waals surface area contributed by atoms with Crippen molar-refractivity contribution >= 4 is 5.91 Å². The highest BCUT2D eigenvalue weighted by Gasteiger charge is 2.25. The first kappa shape index (κ1) is 12.1. The van der Waals surface area contributed by atoms with Gasteiger partial charge < -0.3 is 14.6 Å². The Kier molecular flexibility index (Phi) is 3.78. The van der Waals surface area contributed by atoms with Crippen LogP contribution in [0, 0.1) is 6.92 Å². The molecule has 0 radical (unpaired) electrons. The van der Waals surface area contributed by atoms with Crippen molar-refractivity contribution in [3.8, 4) is 0 Å². The maximum Gasteiger partial charge on any atom is 0.289 e. The molecule has 1 aliphatic heterocycles. The van der Waals surface area contributed by atoms with E-state index in [-0.39, 0.29) is 5.91 Å². The molecule has 1 aromatic heterocycles. The smallest absolute Gasteiger partial charge is 0.289 e. The SMILES string of the molecule is CCOC1CCN(C(=O)c2ncc(C)[nH]2)CC1. The highest BCUT2D eigenvalue weighted by molar-refractivity contribution is 5.90. The number of aromatic amines is 1. The lowest BCUT2D eigenvalue weighted by molar-refractivity contribution is 0.0142. The normalized spacial score (nSPS) is 17.4. The molecule has 1 saturated heterocycles. The average Bonchev–Trinajstić information content (AvgIpc) is 2.76. The average molecular weight is 237 g/mol. The van der Waals surface area contributed by atoms with Crippen molar-refractivity contribution in [1.29, 1.82) is 0 Å². The van der Waals surface area contributed by atoms with Gasteiger partial charge in [0.05, 0.1) is 6.10 Å². The summed E-state index contributed by atoms with van der Waals surface area (Å²) in [6.45, 7) is 6.15. The van der Waals surface area contributed by atoms with E-state index in [1.807, 2.05) is 18.7 Å². The van der Waals surface area contributed by atoms with Crippen molar-refractivity contribution in [2.24, 2.45) is 0 Å². The Bertz CT molecular complexity index is 381. The largest absolute Gasteiger partial charge is 0.378 e. The summed E-state index contributed by atoms with van der Waals surface area (Å²) in [7, 11) is 0. The topological polar surface area (TPSA) is 58.2 Å². The summed E-state index contributed by atoms with van der Waals surface area (Å²) in [5.74, 6) is 0.436. The van der Waals surface area contributed by atoms with Crippen LogP contribution in [0.3, 0.4) is 0 Å². The van der Waals surface area contributed by atoms with E-state index in [1.54, 1.807) is 6.20 Å². The van der Waals surface area contributed by atoms with Crippen LogP contribution in [0.1, 0.15) is 36.1 Å².